The number of amides is 2. The molecule has 3 rings (SSSR count). The molecule has 0 saturated heterocycles. The lowest BCUT2D eigenvalue weighted by Crippen LogP contribution is -2.31. The van der Waals surface area contributed by atoms with Crippen LogP contribution in [0, 0.1) is 0 Å². The number of alkyl halides is 3. The summed E-state index contributed by atoms with van der Waals surface area (Å²) in [6, 6.07) is 1.58. The molecule has 0 atom stereocenters. The Morgan fingerprint density at radius 1 is 1.36 bits per heavy atom. The molecule has 1 N–H and O–H groups in total. The molecule has 2 aromatic heterocycles. The summed E-state index contributed by atoms with van der Waals surface area (Å²) in [5.74, 6) is -0.639. The van der Waals surface area contributed by atoms with Crippen molar-refractivity contribution in [1.82, 2.24) is 9.97 Å². The Bertz CT molecular complexity index is 806. The van der Waals surface area contributed by atoms with E-state index in [1.165, 1.54) is 23.5 Å². The lowest BCUT2D eigenvalue weighted by molar-refractivity contribution is -0.134. The van der Waals surface area contributed by atoms with Crippen LogP contribution in [-0.2, 0) is 11.2 Å². The molecule has 0 fully saturated rings. The molecule has 1 aliphatic rings. The predicted molar refractivity (Wildman–Crippen MR) is 85.7 cm³/mol. The molecular weight excluding hydrogens is 357 g/mol. The summed E-state index contributed by atoms with van der Waals surface area (Å²) in [6.07, 6.45) is -1.17. The van der Waals surface area contributed by atoms with Crippen LogP contribution in [0.1, 0.15) is 27.5 Å². The first-order chi connectivity index (χ1) is 11.8. The average molecular weight is 370 g/mol. The second-order valence-corrected chi connectivity index (χ2v) is 6.50. The van der Waals surface area contributed by atoms with Gasteiger partial charge in [0.05, 0.1) is 28.8 Å². The summed E-state index contributed by atoms with van der Waals surface area (Å²) in [7, 11) is 0. The molecule has 2 aromatic rings. The second-order valence-electron chi connectivity index (χ2n) is 5.38. The molecule has 10 heteroatoms. The van der Waals surface area contributed by atoms with Gasteiger partial charge in [-0.25, -0.2) is 4.98 Å². The van der Waals surface area contributed by atoms with Crippen molar-refractivity contribution < 1.29 is 22.8 Å². The molecule has 0 unspecified atom stereocenters. The van der Waals surface area contributed by atoms with Crippen molar-refractivity contribution in [2.24, 2.45) is 0 Å². The predicted octanol–water partition coefficient (Wildman–Crippen LogP) is 3.02. The molecule has 0 aromatic carbocycles. The summed E-state index contributed by atoms with van der Waals surface area (Å²) in [5, 5.41) is 2.94. The van der Waals surface area contributed by atoms with Gasteiger partial charge >= 0.3 is 6.18 Å². The smallest absolute Gasteiger partial charge is 0.324 e. The molecule has 0 spiro atoms. The van der Waals surface area contributed by atoms with Crippen molar-refractivity contribution in [2.75, 3.05) is 16.8 Å². The van der Waals surface area contributed by atoms with Gasteiger partial charge in [0, 0.05) is 32.0 Å². The number of hydrogen-bond donors (Lipinski definition) is 1. The maximum Gasteiger partial charge on any atom is 0.389 e. The minimum atomic E-state index is -4.27. The Morgan fingerprint density at radius 3 is 2.92 bits per heavy atom. The summed E-state index contributed by atoms with van der Waals surface area (Å²) in [4.78, 5) is 34.0. The fourth-order valence-corrected chi connectivity index (χ4v) is 3.24. The van der Waals surface area contributed by atoms with E-state index in [9.17, 15) is 22.8 Å². The van der Waals surface area contributed by atoms with Gasteiger partial charge in [-0.2, -0.15) is 13.2 Å². The van der Waals surface area contributed by atoms with Crippen LogP contribution >= 0.6 is 11.3 Å². The maximum absolute atomic E-state index is 12.7. The number of hydrogen-bond acceptors (Lipinski definition) is 5. The van der Waals surface area contributed by atoms with Crippen molar-refractivity contribution in [1.29, 1.82) is 0 Å². The zero-order valence-corrected chi connectivity index (χ0v) is 13.7. The highest BCUT2D eigenvalue weighted by atomic mass is 32.1. The molecule has 2 amide bonds. The average Bonchev–Trinajstić information content (AvgIpc) is 2.96. The van der Waals surface area contributed by atoms with Gasteiger partial charge in [0.15, 0.2) is 0 Å². The van der Waals surface area contributed by atoms with Crippen LogP contribution in [0.25, 0.3) is 0 Å². The number of aryl methyl sites for hydroxylation is 1. The molecule has 6 nitrogen and oxygen atoms in total. The van der Waals surface area contributed by atoms with Gasteiger partial charge in [0.25, 0.3) is 5.91 Å². The molecule has 0 radical (unpaired) electrons. The second kappa shape index (κ2) is 6.79. The van der Waals surface area contributed by atoms with Gasteiger partial charge in [0.2, 0.25) is 5.91 Å². The number of anilines is 2. The Hall–Kier alpha value is -2.49. The minimum absolute atomic E-state index is 0.111. The van der Waals surface area contributed by atoms with E-state index in [1.807, 2.05) is 0 Å². The molecule has 132 valence electrons. The number of halogens is 3. The summed E-state index contributed by atoms with van der Waals surface area (Å²) < 4.78 is 36.9. The van der Waals surface area contributed by atoms with Gasteiger partial charge in [0.1, 0.15) is 4.88 Å². The first kappa shape index (κ1) is 17.3. The van der Waals surface area contributed by atoms with Crippen LogP contribution in [0.15, 0.2) is 24.7 Å². The van der Waals surface area contributed by atoms with Crippen LogP contribution in [0.2, 0.25) is 0 Å². The van der Waals surface area contributed by atoms with Crippen molar-refractivity contribution >= 4 is 34.5 Å². The monoisotopic (exact) mass is 370 g/mol. The van der Waals surface area contributed by atoms with Gasteiger partial charge < -0.3 is 10.2 Å². The Morgan fingerprint density at radius 2 is 2.16 bits per heavy atom. The van der Waals surface area contributed by atoms with Crippen molar-refractivity contribution in [3.05, 3.63) is 34.5 Å². The van der Waals surface area contributed by atoms with Gasteiger partial charge in [-0.1, -0.05) is 0 Å². The van der Waals surface area contributed by atoms with Crippen molar-refractivity contribution in [3.63, 3.8) is 0 Å². The molecular formula is C15H13F3N4O2S. The quantitative estimate of drug-likeness (QED) is 0.901. The number of rotatable bonds is 3. The van der Waals surface area contributed by atoms with E-state index in [1.54, 1.807) is 6.07 Å². The van der Waals surface area contributed by atoms with E-state index in [-0.39, 0.29) is 35.2 Å². The Labute approximate surface area is 144 Å². The number of aromatic nitrogens is 2. The fourth-order valence-electron chi connectivity index (χ4n) is 2.37. The molecule has 3 heterocycles. The van der Waals surface area contributed by atoms with E-state index in [0.717, 1.165) is 11.3 Å². The van der Waals surface area contributed by atoms with Gasteiger partial charge in [-0.15, -0.1) is 11.3 Å². The van der Waals surface area contributed by atoms with E-state index in [0.29, 0.717) is 11.4 Å². The SMILES string of the molecule is O=C1CCN(C(=O)c2cnc(CCC(F)(F)F)s2)c2cnccc2N1. The first-order valence-electron chi connectivity index (χ1n) is 7.41. The molecule has 1 aliphatic heterocycles. The largest absolute Gasteiger partial charge is 0.389 e. The van der Waals surface area contributed by atoms with E-state index < -0.39 is 18.5 Å². The lowest BCUT2D eigenvalue weighted by atomic mass is 10.3. The maximum atomic E-state index is 12.7. The zero-order chi connectivity index (χ0) is 18.0. The number of nitrogens with zero attached hydrogens (tertiary/aromatic N) is 3. The standard InChI is InChI=1S/C15H13F3N4O2S/c16-15(17,18)4-1-13-20-8-11(25-13)14(24)22-6-3-12(23)21-9-2-5-19-7-10(9)22/h2,5,7-8H,1,3-4,6H2,(H,21,23). The van der Waals surface area contributed by atoms with Crippen LogP contribution in [0.3, 0.4) is 0 Å². The Balaban J connectivity index is 1.81. The van der Waals surface area contributed by atoms with Crippen molar-refractivity contribution in [3.8, 4) is 0 Å². The van der Waals surface area contributed by atoms with Crippen LogP contribution in [-0.4, -0.2) is 34.5 Å². The highest BCUT2D eigenvalue weighted by Gasteiger charge is 2.29. The molecule has 0 saturated carbocycles. The van der Waals surface area contributed by atoms with E-state index >= 15 is 0 Å². The molecule has 0 bridgehead atoms. The highest BCUT2D eigenvalue weighted by molar-refractivity contribution is 7.13. The third kappa shape index (κ3) is 4.13. The van der Waals surface area contributed by atoms with E-state index in [4.69, 9.17) is 0 Å². The summed E-state index contributed by atoms with van der Waals surface area (Å²) >= 11 is 0.930. The van der Waals surface area contributed by atoms with Gasteiger partial charge in [-0.05, 0) is 6.07 Å². The van der Waals surface area contributed by atoms with Crippen LogP contribution in [0.5, 0.6) is 0 Å². The zero-order valence-electron chi connectivity index (χ0n) is 12.8. The fraction of sp³-hybridized carbons (Fsp3) is 0.333. The number of fused-ring (bicyclic) bond motifs is 1. The lowest BCUT2D eigenvalue weighted by Gasteiger charge is -2.20. The van der Waals surface area contributed by atoms with E-state index in [2.05, 4.69) is 15.3 Å². The number of carbonyl (C=O) groups excluding carboxylic acids is 2. The number of nitrogens with one attached hydrogen (secondary N) is 1. The molecule has 25 heavy (non-hydrogen) atoms. The number of pyridine rings is 1. The first-order valence-corrected chi connectivity index (χ1v) is 8.22. The summed E-state index contributed by atoms with van der Waals surface area (Å²) in [5.41, 5.74) is 0.913. The van der Waals surface area contributed by atoms with Gasteiger partial charge in [-0.3, -0.25) is 14.6 Å². The third-order valence-corrected chi connectivity index (χ3v) is 4.60. The van der Waals surface area contributed by atoms with Crippen molar-refractivity contribution in [2.45, 2.75) is 25.4 Å². The number of carbonyl (C=O) groups is 2. The van der Waals surface area contributed by atoms with Crippen LogP contribution < -0.4 is 10.2 Å². The third-order valence-electron chi connectivity index (χ3n) is 3.56. The Kier molecular flexibility index (Phi) is 4.71. The number of thiazole rings is 1. The normalized spacial score (nSPS) is 14.7. The molecule has 0 aliphatic carbocycles. The minimum Gasteiger partial charge on any atom is -0.324 e. The summed E-state index contributed by atoms with van der Waals surface area (Å²) in [6.45, 7) is 0.152. The topological polar surface area (TPSA) is 75.2 Å². The van der Waals surface area contributed by atoms with Crippen LogP contribution in [0.4, 0.5) is 24.5 Å². The highest BCUT2D eigenvalue weighted by Crippen LogP contribution is 2.30.